The fourth-order valence-electron chi connectivity index (χ4n) is 5.91. The van der Waals surface area contributed by atoms with E-state index in [4.69, 9.17) is 9.47 Å². The Labute approximate surface area is 240 Å². The number of fused-ring (bicyclic) bond motifs is 3. The van der Waals surface area contributed by atoms with Gasteiger partial charge in [-0.1, -0.05) is 78.9 Å². The zero-order valence-corrected chi connectivity index (χ0v) is 23.4. The summed E-state index contributed by atoms with van der Waals surface area (Å²) in [6.07, 6.45) is 0.228. The van der Waals surface area contributed by atoms with Gasteiger partial charge in [0.05, 0.1) is 12.7 Å². The van der Waals surface area contributed by atoms with Crippen LogP contribution in [0.2, 0.25) is 0 Å². The molecule has 2 aliphatic rings. The summed E-state index contributed by atoms with van der Waals surface area (Å²) in [7, 11) is 0. The molecule has 3 atom stereocenters. The maximum absolute atomic E-state index is 13.9. The Morgan fingerprint density at radius 2 is 1.56 bits per heavy atom. The molecular weight excluding hydrogens is 520 g/mol. The molecular formula is C33H36N2O6. The van der Waals surface area contributed by atoms with Crippen LogP contribution in [-0.4, -0.2) is 58.8 Å². The molecule has 0 aromatic heterocycles. The van der Waals surface area contributed by atoms with Crippen molar-refractivity contribution < 1.29 is 29.0 Å². The molecule has 0 radical (unpaired) electrons. The second-order valence-corrected chi connectivity index (χ2v) is 11.0. The Kier molecular flexibility index (Phi) is 8.40. The van der Waals surface area contributed by atoms with Gasteiger partial charge in [-0.15, -0.1) is 0 Å². The minimum absolute atomic E-state index is 0.0938. The molecule has 1 aliphatic carbocycles. The van der Waals surface area contributed by atoms with Crippen LogP contribution < -0.4 is 5.32 Å². The van der Waals surface area contributed by atoms with Gasteiger partial charge < -0.3 is 24.8 Å². The Balaban J connectivity index is 1.33. The molecule has 0 bridgehead atoms. The number of ether oxygens (including phenoxy) is 2. The Bertz CT molecular complexity index is 1360. The third kappa shape index (κ3) is 5.84. The van der Waals surface area contributed by atoms with Crippen molar-refractivity contribution in [2.75, 3.05) is 13.2 Å². The number of nitrogens with one attached hydrogen (secondary N) is 1. The highest BCUT2D eigenvalue weighted by atomic mass is 16.5. The minimum atomic E-state index is -1.37. The van der Waals surface area contributed by atoms with Gasteiger partial charge in [0, 0.05) is 12.5 Å². The van der Waals surface area contributed by atoms with Gasteiger partial charge in [-0.05, 0) is 60.9 Å². The summed E-state index contributed by atoms with van der Waals surface area (Å²) in [6, 6.07) is 24.5. The second-order valence-electron chi connectivity index (χ2n) is 11.0. The summed E-state index contributed by atoms with van der Waals surface area (Å²) in [5, 5.41) is 12.7. The monoisotopic (exact) mass is 556 g/mol. The van der Waals surface area contributed by atoms with Gasteiger partial charge in [-0.25, -0.2) is 9.59 Å². The number of benzene rings is 3. The molecule has 2 amide bonds. The van der Waals surface area contributed by atoms with Gasteiger partial charge >= 0.3 is 12.1 Å². The molecule has 1 fully saturated rings. The molecule has 8 nitrogen and oxygen atoms in total. The number of alkyl carbamates (subject to hydrolysis) is 1. The molecule has 1 unspecified atom stereocenters. The molecule has 214 valence electrons. The number of piperidine rings is 1. The number of hydrogen-bond donors (Lipinski definition) is 2. The predicted octanol–water partition coefficient (Wildman–Crippen LogP) is 5.35. The maximum atomic E-state index is 13.9. The van der Waals surface area contributed by atoms with Crippen molar-refractivity contribution in [3.05, 3.63) is 95.6 Å². The van der Waals surface area contributed by atoms with Gasteiger partial charge in [0.25, 0.3) is 0 Å². The van der Waals surface area contributed by atoms with Crippen molar-refractivity contribution in [2.45, 2.75) is 63.3 Å². The summed E-state index contributed by atoms with van der Waals surface area (Å²) < 4.78 is 11.8. The lowest BCUT2D eigenvalue weighted by molar-refractivity contribution is -0.163. The Morgan fingerprint density at radius 3 is 2.20 bits per heavy atom. The van der Waals surface area contributed by atoms with Crippen molar-refractivity contribution in [2.24, 2.45) is 0 Å². The van der Waals surface area contributed by atoms with E-state index in [1.807, 2.05) is 66.7 Å². The number of likely N-dealkylation sites (tertiary alicyclic amines) is 1. The Morgan fingerprint density at radius 1 is 0.951 bits per heavy atom. The standard InChI is InChI=1S/C33H36N2O6/c1-22(40-20-23-12-4-3-5-13-23)29(30(36)35-19-11-10-18-33(35,2)31(37)38)34-32(39)41-21-28-26-16-8-6-14-24(26)25-15-7-9-17-27(25)28/h3-9,12-17,22,28-29H,10-11,18-21H2,1-2H3,(H,34,39)(H,37,38)/t22-,29+,33?/m0/s1. The lowest BCUT2D eigenvalue weighted by atomic mass is 9.87. The molecule has 3 aromatic carbocycles. The molecule has 1 saturated heterocycles. The number of rotatable bonds is 9. The summed E-state index contributed by atoms with van der Waals surface area (Å²) in [6.45, 7) is 3.88. The maximum Gasteiger partial charge on any atom is 0.407 e. The third-order valence-electron chi connectivity index (χ3n) is 8.33. The van der Waals surface area contributed by atoms with Crippen LogP contribution in [0, 0.1) is 0 Å². The zero-order chi connectivity index (χ0) is 29.0. The first-order valence-electron chi connectivity index (χ1n) is 14.1. The van der Waals surface area contributed by atoms with E-state index >= 15 is 0 Å². The van der Waals surface area contributed by atoms with E-state index < -0.39 is 35.7 Å². The number of aliphatic carboxylic acids is 1. The van der Waals surface area contributed by atoms with E-state index in [0.29, 0.717) is 19.3 Å². The summed E-state index contributed by atoms with van der Waals surface area (Å²) >= 11 is 0. The van der Waals surface area contributed by atoms with Crippen molar-refractivity contribution in [3.8, 4) is 11.1 Å². The van der Waals surface area contributed by atoms with Gasteiger partial charge in [-0.3, -0.25) is 4.79 Å². The average molecular weight is 557 g/mol. The zero-order valence-electron chi connectivity index (χ0n) is 23.4. The van der Waals surface area contributed by atoms with E-state index in [9.17, 15) is 19.5 Å². The smallest absolute Gasteiger partial charge is 0.407 e. The molecule has 2 N–H and O–H groups in total. The van der Waals surface area contributed by atoms with Crippen molar-refractivity contribution in [3.63, 3.8) is 0 Å². The van der Waals surface area contributed by atoms with Crippen LogP contribution in [0.5, 0.6) is 0 Å². The highest BCUT2D eigenvalue weighted by molar-refractivity contribution is 5.92. The fraction of sp³-hybridized carbons (Fsp3) is 0.364. The van der Waals surface area contributed by atoms with Crippen molar-refractivity contribution >= 4 is 18.0 Å². The predicted molar refractivity (Wildman–Crippen MR) is 154 cm³/mol. The molecule has 0 saturated carbocycles. The normalized spacial score (nSPS) is 19.5. The molecule has 8 heteroatoms. The van der Waals surface area contributed by atoms with Crippen LogP contribution in [0.4, 0.5) is 4.79 Å². The highest BCUT2D eigenvalue weighted by Crippen LogP contribution is 2.44. The molecule has 0 spiro atoms. The van der Waals surface area contributed by atoms with Gasteiger partial charge in [0.1, 0.15) is 18.2 Å². The van der Waals surface area contributed by atoms with Crippen LogP contribution in [0.25, 0.3) is 11.1 Å². The lowest BCUT2D eigenvalue weighted by Crippen LogP contribution is -2.63. The third-order valence-corrected chi connectivity index (χ3v) is 8.33. The topological polar surface area (TPSA) is 105 Å². The number of amides is 2. The average Bonchev–Trinajstić information content (AvgIpc) is 3.31. The van der Waals surface area contributed by atoms with Crippen LogP contribution >= 0.6 is 0 Å². The Hall–Kier alpha value is -4.17. The number of carboxylic acids is 1. The molecule has 5 rings (SSSR count). The largest absolute Gasteiger partial charge is 0.480 e. The number of nitrogens with zero attached hydrogens (tertiary/aromatic N) is 1. The first-order chi connectivity index (χ1) is 19.8. The number of hydrogen-bond acceptors (Lipinski definition) is 5. The fourth-order valence-corrected chi connectivity index (χ4v) is 5.91. The second kappa shape index (κ2) is 12.1. The number of carbonyl (C=O) groups excluding carboxylic acids is 2. The molecule has 1 aliphatic heterocycles. The lowest BCUT2D eigenvalue weighted by Gasteiger charge is -2.43. The summed E-state index contributed by atoms with van der Waals surface area (Å²) in [4.78, 5) is 40.7. The van der Waals surface area contributed by atoms with Gasteiger partial charge in [0.2, 0.25) is 5.91 Å². The quantitative estimate of drug-likeness (QED) is 0.368. The first kappa shape index (κ1) is 28.4. The van der Waals surface area contributed by atoms with Crippen LogP contribution in [0.15, 0.2) is 78.9 Å². The highest BCUT2D eigenvalue weighted by Gasteiger charge is 2.47. The molecule has 3 aromatic rings. The van der Waals surface area contributed by atoms with Crippen molar-refractivity contribution in [1.29, 1.82) is 0 Å². The van der Waals surface area contributed by atoms with Crippen LogP contribution in [-0.2, 0) is 25.7 Å². The first-order valence-corrected chi connectivity index (χ1v) is 14.1. The molecule has 41 heavy (non-hydrogen) atoms. The van der Waals surface area contributed by atoms with Crippen LogP contribution in [0.1, 0.15) is 55.7 Å². The number of carboxylic acid groups (broad SMARTS) is 1. The van der Waals surface area contributed by atoms with Crippen LogP contribution in [0.3, 0.4) is 0 Å². The van der Waals surface area contributed by atoms with E-state index in [0.717, 1.165) is 27.8 Å². The van der Waals surface area contributed by atoms with Crippen molar-refractivity contribution in [1.82, 2.24) is 10.2 Å². The molecule has 1 heterocycles. The van der Waals surface area contributed by atoms with E-state index in [2.05, 4.69) is 17.4 Å². The van der Waals surface area contributed by atoms with E-state index in [-0.39, 0.29) is 25.7 Å². The minimum Gasteiger partial charge on any atom is -0.480 e. The summed E-state index contributed by atoms with van der Waals surface area (Å²) in [5.41, 5.74) is 3.95. The van der Waals surface area contributed by atoms with E-state index in [1.165, 1.54) is 4.90 Å². The van der Waals surface area contributed by atoms with E-state index in [1.54, 1.807) is 13.8 Å². The number of carbonyl (C=O) groups is 3. The summed E-state index contributed by atoms with van der Waals surface area (Å²) in [5.74, 6) is -1.70. The van der Waals surface area contributed by atoms with Gasteiger partial charge in [-0.2, -0.15) is 0 Å². The van der Waals surface area contributed by atoms with Gasteiger partial charge in [0.15, 0.2) is 0 Å². The SMILES string of the molecule is C[C@H](OCc1ccccc1)[C@@H](NC(=O)OCC1c2ccccc2-c2ccccc21)C(=O)N1CCCCC1(C)C(=O)O.